The first-order valence-electron chi connectivity index (χ1n) is 19.6. The van der Waals surface area contributed by atoms with Crippen molar-refractivity contribution < 1.29 is 28.6 Å². The van der Waals surface area contributed by atoms with Gasteiger partial charge < -0.3 is 24.5 Å². The Morgan fingerprint density at radius 1 is 0.764 bits per heavy atom. The SMILES string of the molecule is O=C1CC[C@H](N2Cc3cc(N4CCN(CC5CCN(c6ccc([C@H]7c8ccc(O)cc8CO[C@H]7c7ccccc7F)cc6)CC5)CC4)ccc3C2=O)C(=O)N1. The van der Waals surface area contributed by atoms with E-state index in [2.05, 4.69) is 50.3 Å². The van der Waals surface area contributed by atoms with Crippen molar-refractivity contribution in [1.29, 1.82) is 0 Å². The molecule has 2 N–H and O–H groups in total. The van der Waals surface area contributed by atoms with Crippen LogP contribution in [0, 0.1) is 11.7 Å². The van der Waals surface area contributed by atoms with Crippen molar-refractivity contribution in [3.63, 3.8) is 0 Å². The average Bonchev–Trinajstić information content (AvgIpc) is 3.53. The van der Waals surface area contributed by atoms with E-state index in [9.17, 15) is 19.5 Å². The van der Waals surface area contributed by atoms with Gasteiger partial charge in [0.15, 0.2) is 0 Å². The van der Waals surface area contributed by atoms with Crippen LogP contribution in [0.5, 0.6) is 5.75 Å². The number of phenols is 1. The van der Waals surface area contributed by atoms with Gasteiger partial charge in [-0.25, -0.2) is 4.39 Å². The second kappa shape index (κ2) is 14.8. The van der Waals surface area contributed by atoms with Gasteiger partial charge in [-0.1, -0.05) is 36.4 Å². The molecule has 10 nitrogen and oxygen atoms in total. The molecule has 284 valence electrons. The van der Waals surface area contributed by atoms with E-state index in [-0.39, 0.29) is 41.6 Å². The quantitative estimate of drug-likeness (QED) is 0.231. The van der Waals surface area contributed by atoms with E-state index < -0.39 is 12.1 Å². The molecule has 0 saturated carbocycles. The number of piperazine rings is 1. The fraction of sp³-hybridized carbons (Fsp3) is 0.386. The van der Waals surface area contributed by atoms with Crippen LogP contribution in [0.15, 0.2) is 84.9 Å². The molecule has 3 atom stereocenters. The maximum atomic E-state index is 15.0. The predicted molar refractivity (Wildman–Crippen MR) is 206 cm³/mol. The first-order chi connectivity index (χ1) is 26.8. The highest BCUT2D eigenvalue weighted by Gasteiger charge is 2.40. The number of aromatic hydroxyl groups is 1. The van der Waals surface area contributed by atoms with Crippen molar-refractivity contribution in [3.05, 3.63) is 124 Å². The fourth-order valence-electron chi connectivity index (χ4n) is 9.37. The molecule has 4 aromatic rings. The van der Waals surface area contributed by atoms with Gasteiger partial charge in [0.05, 0.1) is 12.7 Å². The van der Waals surface area contributed by atoms with Crippen LogP contribution in [0.25, 0.3) is 0 Å². The molecule has 0 aromatic heterocycles. The largest absolute Gasteiger partial charge is 0.508 e. The van der Waals surface area contributed by atoms with Crippen molar-refractivity contribution in [2.45, 2.75) is 56.9 Å². The van der Waals surface area contributed by atoms with Crippen molar-refractivity contribution in [3.8, 4) is 5.75 Å². The van der Waals surface area contributed by atoms with Crippen LogP contribution >= 0.6 is 0 Å². The Kier molecular flexibility index (Phi) is 9.51. The average molecular weight is 744 g/mol. The number of halogens is 1. The van der Waals surface area contributed by atoms with Gasteiger partial charge in [0, 0.05) is 87.2 Å². The van der Waals surface area contributed by atoms with Gasteiger partial charge in [-0.3, -0.25) is 24.6 Å². The molecule has 0 bridgehead atoms. The summed E-state index contributed by atoms with van der Waals surface area (Å²) in [6.45, 7) is 7.61. The number of fused-ring (bicyclic) bond motifs is 2. The Labute approximate surface area is 320 Å². The van der Waals surface area contributed by atoms with Crippen LogP contribution in [-0.2, 0) is 27.5 Å². The molecule has 55 heavy (non-hydrogen) atoms. The normalized spacial score (nSPS) is 23.5. The highest BCUT2D eigenvalue weighted by Crippen LogP contribution is 2.46. The molecule has 3 amide bonds. The summed E-state index contributed by atoms with van der Waals surface area (Å²) in [6, 6.07) is 26.3. The van der Waals surface area contributed by atoms with Gasteiger partial charge >= 0.3 is 0 Å². The number of anilines is 2. The van der Waals surface area contributed by atoms with Crippen molar-refractivity contribution >= 4 is 29.1 Å². The third-order valence-electron chi connectivity index (χ3n) is 12.4. The number of nitrogens with zero attached hydrogens (tertiary/aromatic N) is 4. The second-order valence-corrected chi connectivity index (χ2v) is 15.7. The lowest BCUT2D eigenvalue weighted by Gasteiger charge is -2.40. The topological polar surface area (TPSA) is 106 Å². The lowest BCUT2D eigenvalue weighted by atomic mass is 9.79. The molecular weight excluding hydrogens is 698 g/mol. The molecule has 0 aliphatic carbocycles. The maximum Gasteiger partial charge on any atom is 0.255 e. The van der Waals surface area contributed by atoms with E-state index in [1.54, 1.807) is 29.2 Å². The van der Waals surface area contributed by atoms with Crippen LogP contribution in [0.2, 0.25) is 0 Å². The summed E-state index contributed by atoms with van der Waals surface area (Å²) in [5.41, 5.74) is 7.46. The van der Waals surface area contributed by atoms with Gasteiger partial charge in [0.1, 0.15) is 17.6 Å². The molecule has 4 aromatic carbocycles. The first kappa shape index (κ1) is 35.4. The number of carbonyl (C=O) groups is 3. The second-order valence-electron chi connectivity index (χ2n) is 15.7. The molecule has 3 saturated heterocycles. The molecule has 0 radical (unpaired) electrons. The van der Waals surface area contributed by atoms with E-state index in [1.165, 1.54) is 11.8 Å². The standard InChI is InChI=1S/C44H46FN5O5/c45-38-4-2-1-3-37(38)42-41(35-12-10-34(51)24-31(35)27-55-42)29-5-7-32(8-6-29)48-17-15-28(16-18-48)25-47-19-21-49(22-20-47)33-9-11-36-30(23-33)26-50(44(36)54)39-13-14-40(52)46-43(39)53/h1-12,23-24,28,39,41-42,51H,13-22,25-27H2,(H,46,52,53)/t39-,41-,42-/m0/s1. The van der Waals surface area contributed by atoms with Crippen LogP contribution in [0.1, 0.15) is 75.9 Å². The first-order valence-corrected chi connectivity index (χ1v) is 19.6. The predicted octanol–water partition coefficient (Wildman–Crippen LogP) is 5.73. The van der Waals surface area contributed by atoms with Gasteiger partial charge in [0.2, 0.25) is 11.8 Å². The van der Waals surface area contributed by atoms with E-state index in [1.807, 2.05) is 24.3 Å². The summed E-state index contributed by atoms with van der Waals surface area (Å²) in [4.78, 5) is 46.3. The summed E-state index contributed by atoms with van der Waals surface area (Å²) < 4.78 is 21.3. The van der Waals surface area contributed by atoms with Crippen LogP contribution in [0.4, 0.5) is 15.8 Å². The third kappa shape index (κ3) is 6.95. The monoisotopic (exact) mass is 743 g/mol. The number of amides is 3. The highest BCUT2D eigenvalue weighted by atomic mass is 19.1. The molecule has 11 heteroatoms. The minimum absolute atomic E-state index is 0.137. The number of nitrogens with one attached hydrogen (secondary N) is 1. The Bertz CT molecular complexity index is 2110. The molecule has 0 spiro atoms. The number of benzene rings is 4. The van der Waals surface area contributed by atoms with E-state index in [0.717, 1.165) is 86.6 Å². The number of ether oxygens (including phenoxy) is 1. The van der Waals surface area contributed by atoms with Gasteiger partial charge in [0.25, 0.3) is 5.91 Å². The Balaban J connectivity index is 0.786. The summed E-state index contributed by atoms with van der Waals surface area (Å²) >= 11 is 0. The van der Waals surface area contributed by atoms with E-state index in [0.29, 0.717) is 36.6 Å². The fourth-order valence-corrected chi connectivity index (χ4v) is 9.37. The smallest absolute Gasteiger partial charge is 0.255 e. The van der Waals surface area contributed by atoms with Crippen molar-refractivity contribution in [1.82, 2.24) is 15.1 Å². The van der Waals surface area contributed by atoms with Gasteiger partial charge in [-0.15, -0.1) is 0 Å². The van der Waals surface area contributed by atoms with Crippen LogP contribution in [-0.4, -0.2) is 84.5 Å². The number of rotatable bonds is 7. The highest BCUT2D eigenvalue weighted by molar-refractivity contribution is 6.05. The zero-order chi connectivity index (χ0) is 37.6. The third-order valence-corrected chi connectivity index (χ3v) is 12.4. The Morgan fingerprint density at radius 2 is 1.51 bits per heavy atom. The van der Waals surface area contributed by atoms with Gasteiger partial charge in [-0.2, -0.15) is 0 Å². The minimum atomic E-state index is -0.600. The van der Waals surface area contributed by atoms with E-state index >= 15 is 4.39 Å². The molecule has 3 fully saturated rings. The van der Waals surface area contributed by atoms with Crippen molar-refractivity contribution in [2.24, 2.45) is 5.92 Å². The van der Waals surface area contributed by atoms with E-state index in [4.69, 9.17) is 4.74 Å². The summed E-state index contributed by atoms with van der Waals surface area (Å²) in [5.74, 6) is -0.443. The zero-order valence-electron chi connectivity index (χ0n) is 30.8. The maximum absolute atomic E-state index is 15.0. The Morgan fingerprint density at radius 3 is 2.27 bits per heavy atom. The minimum Gasteiger partial charge on any atom is -0.508 e. The molecule has 5 aliphatic heterocycles. The molecular formula is C44H46FN5O5. The molecule has 9 rings (SSSR count). The number of hydrogen-bond donors (Lipinski definition) is 2. The summed E-state index contributed by atoms with van der Waals surface area (Å²) in [7, 11) is 0. The van der Waals surface area contributed by atoms with Crippen molar-refractivity contribution in [2.75, 3.05) is 55.6 Å². The summed E-state index contributed by atoms with van der Waals surface area (Å²) in [5, 5.41) is 12.5. The number of piperidine rings is 2. The van der Waals surface area contributed by atoms with Crippen LogP contribution in [0.3, 0.4) is 0 Å². The lowest BCUT2D eigenvalue weighted by molar-refractivity contribution is -0.136. The molecule has 5 aliphatic rings. The number of carbonyl (C=O) groups excluding carboxylic acids is 3. The van der Waals surface area contributed by atoms with Gasteiger partial charge in [-0.05, 0) is 96.0 Å². The Hall–Kier alpha value is -5.26. The summed E-state index contributed by atoms with van der Waals surface area (Å²) in [6.07, 6.45) is 2.41. The zero-order valence-corrected chi connectivity index (χ0v) is 30.8. The molecule has 0 unspecified atom stereocenters. The number of imide groups is 1. The number of phenolic OH excluding ortho intramolecular Hbond substituents is 1. The molecule has 5 heterocycles. The van der Waals surface area contributed by atoms with Crippen LogP contribution < -0.4 is 15.1 Å². The number of hydrogen-bond acceptors (Lipinski definition) is 8. The lowest BCUT2D eigenvalue weighted by Crippen LogP contribution is -2.52.